The van der Waals surface area contributed by atoms with Crippen LogP contribution in [0.4, 0.5) is 5.69 Å². The fourth-order valence-electron chi connectivity index (χ4n) is 4.65. The molecule has 0 radical (unpaired) electrons. The Morgan fingerprint density at radius 2 is 1.84 bits per heavy atom. The molecule has 2 aliphatic rings. The van der Waals surface area contributed by atoms with Crippen LogP contribution in [0.3, 0.4) is 0 Å². The smallest absolute Gasteiger partial charge is 0.354 e. The second-order valence-electron chi connectivity index (χ2n) is 9.40. The third-order valence-electron chi connectivity index (χ3n) is 6.79. The molecule has 0 bridgehead atoms. The molecule has 1 amide bonds. The Morgan fingerprint density at radius 3 is 2.59 bits per heavy atom. The second kappa shape index (κ2) is 9.37. The number of thiophene rings is 1. The normalized spacial score (nSPS) is 14.4. The fourth-order valence-corrected chi connectivity index (χ4v) is 5.85. The zero-order valence-electron chi connectivity index (χ0n) is 19.9. The zero-order valence-corrected chi connectivity index (χ0v) is 20.7. The average Bonchev–Trinajstić information content (AvgIpc) is 3.67. The minimum absolute atomic E-state index is 0.0537. The predicted molar refractivity (Wildman–Crippen MR) is 141 cm³/mol. The minimum atomic E-state index is -1.10. The van der Waals surface area contributed by atoms with Gasteiger partial charge in [-0.2, -0.15) is 0 Å². The van der Waals surface area contributed by atoms with Crippen LogP contribution in [0.1, 0.15) is 55.5 Å². The summed E-state index contributed by atoms with van der Waals surface area (Å²) in [6.45, 7) is 0.469. The summed E-state index contributed by atoms with van der Waals surface area (Å²) in [6.07, 6.45) is 5.01. The number of Topliss-reactive ketones (excluding diaryl/α,β-unsaturated/α-hetero) is 1. The van der Waals surface area contributed by atoms with E-state index in [0.29, 0.717) is 42.3 Å². The van der Waals surface area contributed by atoms with Gasteiger partial charge >= 0.3 is 5.97 Å². The number of anilines is 1. The van der Waals surface area contributed by atoms with Crippen molar-refractivity contribution in [1.29, 1.82) is 0 Å². The third kappa shape index (κ3) is 4.56. The highest BCUT2D eigenvalue weighted by Crippen LogP contribution is 2.43. The lowest BCUT2D eigenvalue weighted by atomic mass is 10.1. The molecular weight excluding hydrogens is 486 g/mol. The topological polar surface area (TPSA) is 100 Å². The lowest BCUT2D eigenvalue weighted by Crippen LogP contribution is -2.33. The zero-order chi connectivity index (χ0) is 25.5. The van der Waals surface area contributed by atoms with Crippen LogP contribution in [0.5, 0.6) is 0 Å². The van der Waals surface area contributed by atoms with Crippen LogP contribution < -0.4 is 4.90 Å². The summed E-state index contributed by atoms with van der Waals surface area (Å²) in [6, 6.07) is 18.1. The molecule has 0 unspecified atom stereocenters. The van der Waals surface area contributed by atoms with E-state index in [1.54, 1.807) is 29.2 Å². The molecule has 1 N–H and O–H groups in total. The van der Waals surface area contributed by atoms with Crippen molar-refractivity contribution in [3.05, 3.63) is 88.7 Å². The summed E-state index contributed by atoms with van der Waals surface area (Å²) >= 11 is 1.53. The molecule has 1 saturated carbocycles. The maximum Gasteiger partial charge on any atom is 0.354 e. The maximum absolute atomic E-state index is 13.7. The summed E-state index contributed by atoms with van der Waals surface area (Å²) in [7, 11) is 0. The summed E-state index contributed by atoms with van der Waals surface area (Å²) in [5, 5.41) is 9.09. The van der Waals surface area contributed by atoms with Crippen LogP contribution in [0.2, 0.25) is 0 Å². The molecule has 37 heavy (non-hydrogen) atoms. The van der Waals surface area contributed by atoms with Crippen molar-refractivity contribution in [3.63, 3.8) is 0 Å². The van der Waals surface area contributed by atoms with Gasteiger partial charge in [0.15, 0.2) is 5.78 Å². The van der Waals surface area contributed by atoms with Gasteiger partial charge in [0, 0.05) is 35.2 Å². The van der Waals surface area contributed by atoms with Crippen molar-refractivity contribution in [2.24, 2.45) is 5.92 Å². The minimum Gasteiger partial charge on any atom is -0.477 e. The number of carboxylic acids is 1. The highest BCUT2D eigenvalue weighted by Gasteiger charge is 2.30. The molecule has 3 aromatic heterocycles. The van der Waals surface area contributed by atoms with Crippen molar-refractivity contribution in [2.75, 3.05) is 11.4 Å². The number of hydrogen-bond acceptors (Lipinski definition) is 6. The molecule has 7 nitrogen and oxygen atoms in total. The van der Waals surface area contributed by atoms with Crippen molar-refractivity contribution >= 4 is 34.7 Å². The van der Waals surface area contributed by atoms with E-state index in [0.717, 1.165) is 39.4 Å². The monoisotopic (exact) mass is 509 g/mol. The number of ketones is 1. The van der Waals surface area contributed by atoms with Gasteiger partial charge in [-0.05, 0) is 67.1 Å². The predicted octanol–water partition coefficient (Wildman–Crippen LogP) is 5.76. The van der Waals surface area contributed by atoms with E-state index in [1.165, 1.54) is 23.6 Å². The number of fused-ring (bicyclic) bond motifs is 3. The number of carbonyl (C=O) groups is 3. The van der Waals surface area contributed by atoms with Gasteiger partial charge in [0.2, 0.25) is 0 Å². The molecule has 184 valence electrons. The van der Waals surface area contributed by atoms with E-state index in [-0.39, 0.29) is 17.4 Å². The Labute approximate surface area is 217 Å². The first-order chi connectivity index (χ1) is 18.0. The van der Waals surface area contributed by atoms with E-state index in [4.69, 9.17) is 5.11 Å². The molecule has 0 saturated heterocycles. The summed E-state index contributed by atoms with van der Waals surface area (Å²) in [5.41, 5.74) is 4.25. The number of amides is 1. The largest absolute Gasteiger partial charge is 0.477 e. The van der Waals surface area contributed by atoms with E-state index in [9.17, 15) is 14.4 Å². The molecule has 1 fully saturated rings. The van der Waals surface area contributed by atoms with Crippen LogP contribution in [0.25, 0.3) is 21.7 Å². The molecule has 1 aromatic carbocycles. The highest BCUT2D eigenvalue weighted by molar-refractivity contribution is 7.17. The number of rotatable bonds is 6. The highest BCUT2D eigenvalue weighted by atomic mass is 32.1. The van der Waals surface area contributed by atoms with E-state index < -0.39 is 5.97 Å². The number of aromatic nitrogens is 2. The van der Waals surface area contributed by atoms with Crippen LogP contribution >= 0.6 is 11.3 Å². The molecule has 1 aliphatic heterocycles. The molecule has 4 aromatic rings. The van der Waals surface area contributed by atoms with Gasteiger partial charge in [0.1, 0.15) is 11.4 Å². The van der Waals surface area contributed by atoms with E-state index >= 15 is 0 Å². The molecule has 0 spiro atoms. The number of aromatic carboxylic acids is 1. The van der Waals surface area contributed by atoms with Crippen LogP contribution in [0.15, 0.2) is 66.9 Å². The summed E-state index contributed by atoms with van der Waals surface area (Å²) in [5.74, 6) is -0.553. The van der Waals surface area contributed by atoms with Gasteiger partial charge in [0.25, 0.3) is 5.91 Å². The number of carbonyl (C=O) groups excluding carboxylic acids is 2. The van der Waals surface area contributed by atoms with Gasteiger partial charge in [-0.3, -0.25) is 9.59 Å². The van der Waals surface area contributed by atoms with E-state index in [2.05, 4.69) is 9.97 Å². The first kappa shape index (κ1) is 23.2. The van der Waals surface area contributed by atoms with Crippen molar-refractivity contribution in [2.45, 2.75) is 25.7 Å². The summed E-state index contributed by atoms with van der Waals surface area (Å²) < 4.78 is 0. The Bertz CT molecular complexity index is 1540. The molecule has 0 atom stereocenters. The number of para-hydroxylation sites is 1. The van der Waals surface area contributed by atoms with Gasteiger partial charge in [-0.25, -0.2) is 14.8 Å². The Balaban J connectivity index is 1.31. The quantitative estimate of drug-likeness (QED) is 0.332. The Kier molecular flexibility index (Phi) is 5.88. The number of pyridine rings is 2. The first-order valence-corrected chi connectivity index (χ1v) is 13.0. The average molecular weight is 510 g/mol. The first-order valence-electron chi connectivity index (χ1n) is 12.2. The lowest BCUT2D eigenvalue weighted by Gasteiger charge is -2.23. The number of hydrogen-bond donors (Lipinski definition) is 1. The second-order valence-corrected chi connectivity index (χ2v) is 10.5. The Hall–Kier alpha value is -4.17. The van der Waals surface area contributed by atoms with Crippen molar-refractivity contribution in [3.8, 4) is 21.7 Å². The molecular formula is C29H23N3O4S. The molecule has 1 aliphatic carbocycles. The Morgan fingerprint density at radius 1 is 1.00 bits per heavy atom. The van der Waals surface area contributed by atoms with Gasteiger partial charge in [-0.15, -0.1) is 11.3 Å². The van der Waals surface area contributed by atoms with Crippen LogP contribution in [-0.4, -0.2) is 39.3 Å². The van der Waals surface area contributed by atoms with Crippen molar-refractivity contribution in [1.82, 2.24) is 9.97 Å². The standard InChI is InChI=1S/C29H23N3O4S/c33-25(14-17-8-9-17)26-15-18-12-13-32(24-7-2-1-4-20(24)27(18)37-26)28(34)22-6-3-5-21(31-22)19-10-11-23(29(35)36)30-16-19/h1-7,10-11,15-17H,8-9,12-14H2,(H,35,36). The van der Waals surface area contributed by atoms with Crippen LogP contribution in [0, 0.1) is 5.92 Å². The number of carboxylic acid groups (broad SMARTS) is 1. The molecule has 8 heteroatoms. The summed E-state index contributed by atoms with van der Waals surface area (Å²) in [4.78, 5) is 49.8. The number of benzene rings is 1. The van der Waals surface area contributed by atoms with Crippen LogP contribution in [-0.2, 0) is 6.42 Å². The SMILES string of the molecule is O=C(O)c1ccc(-c2cccc(C(=O)N3CCc4cc(C(=O)CC5CC5)sc4-c4ccccc43)n2)cn1. The van der Waals surface area contributed by atoms with Crippen molar-refractivity contribution < 1.29 is 19.5 Å². The van der Waals surface area contributed by atoms with Gasteiger partial charge < -0.3 is 10.0 Å². The molecule has 4 heterocycles. The third-order valence-corrected chi connectivity index (χ3v) is 8.04. The van der Waals surface area contributed by atoms with Gasteiger partial charge in [0.05, 0.1) is 16.3 Å². The lowest BCUT2D eigenvalue weighted by molar-refractivity contribution is 0.0690. The maximum atomic E-state index is 13.7. The fraction of sp³-hybridized carbons (Fsp3) is 0.207. The van der Waals surface area contributed by atoms with Gasteiger partial charge in [-0.1, -0.05) is 24.3 Å². The van der Waals surface area contributed by atoms with E-state index in [1.807, 2.05) is 30.3 Å². The number of nitrogens with zero attached hydrogens (tertiary/aromatic N) is 3. The molecule has 6 rings (SSSR count).